The standard InChI is InChI=1S/C17H23N3O4/c1-10(2)14(15(21)19-24)20-16(22)13(18-17(20)23)8-7-12-6-4-5-11(3)9-12/h4-6,9-10,13-14,24H,7-8H2,1-3H3,(H,18,23)(H,19,21)/t13-,14+/m0/s1. The van der Waals surface area contributed by atoms with Crippen LogP contribution < -0.4 is 10.8 Å². The Morgan fingerprint density at radius 3 is 2.67 bits per heavy atom. The van der Waals surface area contributed by atoms with Crippen molar-refractivity contribution in [2.45, 2.75) is 45.7 Å². The number of rotatable bonds is 6. The van der Waals surface area contributed by atoms with Gasteiger partial charge in [-0.2, -0.15) is 0 Å². The zero-order chi connectivity index (χ0) is 17.9. The van der Waals surface area contributed by atoms with Crippen LogP contribution in [0.4, 0.5) is 4.79 Å². The van der Waals surface area contributed by atoms with E-state index in [0.717, 1.165) is 16.0 Å². The molecule has 0 radical (unpaired) electrons. The average Bonchev–Trinajstić information content (AvgIpc) is 2.80. The number of carbonyl (C=O) groups excluding carboxylic acids is 3. The van der Waals surface area contributed by atoms with E-state index in [9.17, 15) is 14.4 Å². The second kappa shape index (κ2) is 7.44. The highest BCUT2D eigenvalue weighted by atomic mass is 16.5. The second-order valence-corrected chi connectivity index (χ2v) is 6.40. The maximum absolute atomic E-state index is 12.6. The van der Waals surface area contributed by atoms with Crippen LogP contribution in [0.5, 0.6) is 0 Å². The van der Waals surface area contributed by atoms with E-state index in [0.29, 0.717) is 12.8 Å². The maximum atomic E-state index is 12.6. The Balaban J connectivity index is 2.09. The number of aryl methyl sites for hydroxylation is 2. The third-order valence-corrected chi connectivity index (χ3v) is 4.14. The van der Waals surface area contributed by atoms with Crippen LogP contribution in [-0.4, -0.2) is 40.0 Å². The molecule has 1 fully saturated rings. The lowest BCUT2D eigenvalue weighted by atomic mass is 10.0. The molecule has 0 spiro atoms. The third kappa shape index (κ3) is 3.73. The summed E-state index contributed by atoms with van der Waals surface area (Å²) in [6, 6.07) is 5.66. The Morgan fingerprint density at radius 1 is 1.38 bits per heavy atom. The van der Waals surface area contributed by atoms with Gasteiger partial charge >= 0.3 is 6.03 Å². The normalized spacial score (nSPS) is 18.7. The van der Waals surface area contributed by atoms with Gasteiger partial charge in [-0.1, -0.05) is 43.7 Å². The zero-order valence-electron chi connectivity index (χ0n) is 14.1. The summed E-state index contributed by atoms with van der Waals surface area (Å²) in [5, 5.41) is 11.5. The molecule has 0 unspecified atom stereocenters. The average molecular weight is 333 g/mol. The lowest BCUT2D eigenvalue weighted by molar-refractivity contribution is -0.142. The van der Waals surface area contributed by atoms with Gasteiger partial charge in [0.1, 0.15) is 12.1 Å². The molecule has 0 bridgehead atoms. The molecule has 2 atom stereocenters. The smallest absolute Gasteiger partial charge is 0.325 e. The van der Waals surface area contributed by atoms with Gasteiger partial charge in [0.15, 0.2) is 0 Å². The van der Waals surface area contributed by atoms with Crippen molar-refractivity contribution in [1.82, 2.24) is 15.7 Å². The van der Waals surface area contributed by atoms with E-state index >= 15 is 0 Å². The summed E-state index contributed by atoms with van der Waals surface area (Å²) in [6.07, 6.45) is 1.10. The van der Waals surface area contributed by atoms with Crippen LogP contribution >= 0.6 is 0 Å². The van der Waals surface area contributed by atoms with Gasteiger partial charge in [-0.25, -0.2) is 15.2 Å². The predicted octanol–water partition coefficient (Wildman–Crippen LogP) is 1.38. The molecule has 7 heteroatoms. The van der Waals surface area contributed by atoms with Crippen LogP contribution in [0.2, 0.25) is 0 Å². The molecular formula is C17H23N3O4. The Labute approximate surface area is 141 Å². The summed E-state index contributed by atoms with van der Waals surface area (Å²) < 4.78 is 0. The fourth-order valence-electron chi connectivity index (χ4n) is 2.97. The zero-order valence-corrected chi connectivity index (χ0v) is 14.1. The SMILES string of the molecule is Cc1cccc(CC[C@@H]2NC(=O)N([C@@H](C(=O)NO)C(C)C)C2=O)c1. The maximum Gasteiger partial charge on any atom is 0.325 e. The van der Waals surface area contributed by atoms with Crippen molar-refractivity contribution in [3.8, 4) is 0 Å². The number of hydrogen-bond donors (Lipinski definition) is 3. The van der Waals surface area contributed by atoms with E-state index in [-0.39, 0.29) is 5.92 Å². The summed E-state index contributed by atoms with van der Waals surface area (Å²) in [6.45, 7) is 5.41. The molecule has 4 amide bonds. The third-order valence-electron chi connectivity index (χ3n) is 4.14. The fourth-order valence-corrected chi connectivity index (χ4v) is 2.97. The second-order valence-electron chi connectivity index (χ2n) is 6.40. The number of carbonyl (C=O) groups is 3. The molecule has 1 aromatic carbocycles. The Morgan fingerprint density at radius 2 is 2.08 bits per heavy atom. The molecule has 1 aliphatic rings. The summed E-state index contributed by atoms with van der Waals surface area (Å²) >= 11 is 0. The van der Waals surface area contributed by atoms with Crippen LogP contribution in [-0.2, 0) is 16.0 Å². The van der Waals surface area contributed by atoms with Crippen LogP contribution in [0.3, 0.4) is 0 Å². The molecule has 130 valence electrons. The first-order valence-corrected chi connectivity index (χ1v) is 7.98. The number of hydrogen-bond acceptors (Lipinski definition) is 4. The molecule has 2 rings (SSSR count). The van der Waals surface area contributed by atoms with E-state index in [2.05, 4.69) is 5.32 Å². The Hall–Kier alpha value is -2.41. The van der Waals surface area contributed by atoms with Crippen LogP contribution in [0.15, 0.2) is 24.3 Å². The van der Waals surface area contributed by atoms with Crippen molar-refractivity contribution >= 4 is 17.8 Å². The molecule has 1 heterocycles. The number of hydroxylamine groups is 1. The minimum atomic E-state index is -1.04. The summed E-state index contributed by atoms with van der Waals surface area (Å²) in [7, 11) is 0. The highest BCUT2D eigenvalue weighted by Crippen LogP contribution is 2.20. The molecule has 1 saturated heterocycles. The first-order valence-electron chi connectivity index (χ1n) is 7.98. The first-order chi connectivity index (χ1) is 11.3. The van der Waals surface area contributed by atoms with Gasteiger partial charge in [0.2, 0.25) is 0 Å². The molecule has 3 N–H and O–H groups in total. The fraction of sp³-hybridized carbons (Fsp3) is 0.471. The van der Waals surface area contributed by atoms with Crippen LogP contribution in [0.1, 0.15) is 31.4 Å². The van der Waals surface area contributed by atoms with Gasteiger partial charge in [-0.05, 0) is 31.2 Å². The summed E-state index contributed by atoms with van der Waals surface area (Å²) in [5.41, 5.74) is 3.75. The first kappa shape index (κ1) is 17.9. The molecule has 0 aliphatic carbocycles. The van der Waals surface area contributed by atoms with Gasteiger partial charge in [0.05, 0.1) is 0 Å². The number of nitrogens with zero attached hydrogens (tertiary/aromatic N) is 1. The topological polar surface area (TPSA) is 98.7 Å². The number of nitrogens with one attached hydrogen (secondary N) is 2. The van der Waals surface area contributed by atoms with E-state index < -0.39 is 29.9 Å². The van der Waals surface area contributed by atoms with Crippen molar-refractivity contribution in [1.29, 1.82) is 0 Å². The number of amides is 4. The van der Waals surface area contributed by atoms with E-state index in [1.165, 1.54) is 5.48 Å². The van der Waals surface area contributed by atoms with Crippen molar-refractivity contribution < 1.29 is 19.6 Å². The number of urea groups is 1. The molecule has 0 saturated carbocycles. The number of benzene rings is 1. The van der Waals surface area contributed by atoms with E-state index in [1.807, 2.05) is 31.2 Å². The van der Waals surface area contributed by atoms with Gasteiger partial charge in [-0.3, -0.25) is 14.8 Å². The highest BCUT2D eigenvalue weighted by Gasteiger charge is 2.45. The van der Waals surface area contributed by atoms with Crippen molar-refractivity contribution in [3.63, 3.8) is 0 Å². The van der Waals surface area contributed by atoms with Gasteiger partial charge in [-0.15, -0.1) is 0 Å². The minimum absolute atomic E-state index is 0.317. The van der Waals surface area contributed by atoms with Gasteiger partial charge in [0.25, 0.3) is 11.8 Å². The minimum Gasteiger partial charge on any atom is -0.326 e. The van der Waals surface area contributed by atoms with Crippen molar-refractivity contribution in [2.75, 3.05) is 0 Å². The Kier molecular flexibility index (Phi) is 5.56. The van der Waals surface area contributed by atoms with E-state index in [4.69, 9.17) is 5.21 Å². The van der Waals surface area contributed by atoms with Gasteiger partial charge < -0.3 is 5.32 Å². The molecule has 0 aromatic heterocycles. The van der Waals surface area contributed by atoms with Crippen LogP contribution in [0, 0.1) is 12.8 Å². The number of imide groups is 1. The summed E-state index contributed by atoms with van der Waals surface area (Å²) in [4.78, 5) is 37.4. The van der Waals surface area contributed by atoms with Gasteiger partial charge in [0, 0.05) is 0 Å². The van der Waals surface area contributed by atoms with Crippen molar-refractivity contribution in [2.24, 2.45) is 5.92 Å². The molecular weight excluding hydrogens is 310 g/mol. The Bertz CT molecular complexity index is 644. The molecule has 1 aromatic rings. The molecule has 24 heavy (non-hydrogen) atoms. The van der Waals surface area contributed by atoms with Crippen LogP contribution in [0.25, 0.3) is 0 Å². The van der Waals surface area contributed by atoms with Crippen molar-refractivity contribution in [3.05, 3.63) is 35.4 Å². The lowest BCUT2D eigenvalue weighted by Gasteiger charge is -2.26. The lowest BCUT2D eigenvalue weighted by Crippen LogP contribution is -2.52. The predicted molar refractivity (Wildman–Crippen MR) is 87.2 cm³/mol. The molecule has 1 aliphatic heterocycles. The monoisotopic (exact) mass is 333 g/mol. The van der Waals surface area contributed by atoms with E-state index in [1.54, 1.807) is 13.8 Å². The highest BCUT2D eigenvalue weighted by molar-refractivity contribution is 6.07. The largest absolute Gasteiger partial charge is 0.326 e. The summed E-state index contributed by atoms with van der Waals surface area (Å²) in [5.74, 6) is -1.52. The quantitative estimate of drug-likeness (QED) is 0.416. The molecule has 7 nitrogen and oxygen atoms in total.